The van der Waals surface area contributed by atoms with Crippen LogP contribution in [0.4, 0.5) is 0 Å². The molecule has 2 heterocycles. The third-order valence-electron chi connectivity index (χ3n) is 6.36. The van der Waals surface area contributed by atoms with Crippen LogP contribution in [0.15, 0.2) is 12.1 Å². The van der Waals surface area contributed by atoms with Crippen molar-refractivity contribution in [2.45, 2.75) is 25.8 Å². The van der Waals surface area contributed by atoms with Crippen molar-refractivity contribution in [3.05, 3.63) is 23.3 Å². The minimum absolute atomic E-state index is 0.00290. The van der Waals surface area contributed by atoms with Crippen LogP contribution in [-0.2, 0) is 22.6 Å². The highest BCUT2D eigenvalue weighted by Crippen LogP contribution is 2.49. The van der Waals surface area contributed by atoms with Crippen LogP contribution < -0.4 is 9.47 Å². The summed E-state index contributed by atoms with van der Waals surface area (Å²) in [5.74, 6) is 1.41. The minimum atomic E-state index is -0.816. The lowest BCUT2D eigenvalue weighted by Crippen LogP contribution is -2.53. The number of amides is 2. The summed E-state index contributed by atoms with van der Waals surface area (Å²) in [5, 5.41) is 0. The first-order valence-corrected chi connectivity index (χ1v) is 9.99. The molecule has 0 atom stereocenters. The largest absolute Gasteiger partial charge is 0.493 e. The Bertz CT molecular complexity index is 782. The van der Waals surface area contributed by atoms with Crippen molar-refractivity contribution in [1.29, 1.82) is 0 Å². The number of likely N-dealkylation sites (N-methyl/N-ethyl adjacent to an activating group) is 1. The van der Waals surface area contributed by atoms with Crippen molar-refractivity contribution < 1.29 is 19.1 Å². The van der Waals surface area contributed by atoms with Crippen LogP contribution in [0.2, 0.25) is 0 Å². The summed E-state index contributed by atoms with van der Waals surface area (Å²) in [6.07, 6.45) is 2.11. The predicted molar refractivity (Wildman–Crippen MR) is 104 cm³/mol. The monoisotopic (exact) mass is 387 g/mol. The Labute approximate surface area is 166 Å². The van der Waals surface area contributed by atoms with Gasteiger partial charge in [0.15, 0.2) is 11.5 Å². The average Bonchev–Trinajstić information content (AvgIpc) is 3.53. The normalized spacial score (nSPS) is 21.1. The summed E-state index contributed by atoms with van der Waals surface area (Å²) >= 11 is 0. The first-order chi connectivity index (χ1) is 13.5. The molecule has 1 saturated heterocycles. The van der Waals surface area contributed by atoms with E-state index in [4.69, 9.17) is 9.47 Å². The second kappa shape index (κ2) is 7.28. The molecule has 0 N–H and O–H groups in total. The minimum Gasteiger partial charge on any atom is -0.493 e. The molecule has 2 fully saturated rings. The maximum atomic E-state index is 13.3. The Hall–Kier alpha value is -2.28. The zero-order valence-electron chi connectivity index (χ0n) is 17.0. The van der Waals surface area contributed by atoms with Crippen LogP contribution in [0.1, 0.15) is 24.0 Å². The average molecular weight is 387 g/mol. The van der Waals surface area contributed by atoms with E-state index in [9.17, 15) is 9.59 Å². The second-order valence-corrected chi connectivity index (χ2v) is 8.13. The molecule has 1 aromatic rings. The van der Waals surface area contributed by atoms with E-state index in [1.54, 1.807) is 14.2 Å². The van der Waals surface area contributed by atoms with Crippen molar-refractivity contribution in [3.8, 4) is 11.5 Å². The van der Waals surface area contributed by atoms with Crippen molar-refractivity contribution in [1.82, 2.24) is 14.7 Å². The van der Waals surface area contributed by atoms with Gasteiger partial charge in [0.2, 0.25) is 11.8 Å². The number of methoxy groups -OCH3 is 2. The summed E-state index contributed by atoms with van der Waals surface area (Å²) in [7, 11) is 5.31. The Morgan fingerprint density at radius 1 is 0.857 bits per heavy atom. The molecular formula is C21H29N3O4. The molecule has 3 aliphatic rings. The van der Waals surface area contributed by atoms with Crippen LogP contribution in [0, 0.1) is 5.41 Å². The van der Waals surface area contributed by atoms with E-state index in [2.05, 4.69) is 11.9 Å². The SMILES string of the molecule is COc1cc2c(cc1OC)CN(C(=O)C1(C(=O)N3CCN(C)CC3)CC1)CC2. The number of hydrogen-bond acceptors (Lipinski definition) is 5. The van der Waals surface area contributed by atoms with Gasteiger partial charge in [-0.2, -0.15) is 0 Å². The third kappa shape index (κ3) is 3.21. The molecule has 4 rings (SSSR count). The van der Waals surface area contributed by atoms with Crippen LogP contribution >= 0.6 is 0 Å². The van der Waals surface area contributed by atoms with Gasteiger partial charge in [0.05, 0.1) is 14.2 Å². The van der Waals surface area contributed by atoms with Gasteiger partial charge >= 0.3 is 0 Å². The number of fused-ring (bicyclic) bond motifs is 1. The van der Waals surface area contributed by atoms with E-state index in [0.29, 0.717) is 50.5 Å². The van der Waals surface area contributed by atoms with Crippen molar-refractivity contribution in [3.63, 3.8) is 0 Å². The van der Waals surface area contributed by atoms with Crippen LogP contribution in [0.25, 0.3) is 0 Å². The molecule has 0 spiro atoms. The highest BCUT2D eigenvalue weighted by Gasteiger charge is 2.59. The van der Waals surface area contributed by atoms with Gasteiger partial charge in [0.1, 0.15) is 5.41 Å². The highest BCUT2D eigenvalue weighted by molar-refractivity contribution is 6.08. The van der Waals surface area contributed by atoms with Gasteiger partial charge in [-0.3, -0.25) is 9.59 Å². The number of piperazine rings is 1. The topological polar surface area (TPSA) is 62.3 Å². The quantitative estimate of drug-likeness (QED) is 0.725. The second-order valence-electron chi connectivity index (χ2n) is 8.13. The molecule has 28 heavy (non-hydrogen) atoms. The maximum absolute atomic E-state index is 13.3. The van der Waals surface area contributed by atoms with Crippen molar-refractivity contribution in [2.75, 3.05) is 54.0 Å². The lowest BCUT2D eigenvalue weighted by atomic mass is 9.95. The lowest BCUT2D eigenvalue weighted by Gasteiger charge is -2.37. The molecule has 1 aliphatic carbocycles. The lowest BCUT2D eigenvalue weighted by molar-refractivity contribution is -0.151. The van der Waals surface area contributed by atoms with Gasteiger partial charge in [-0.1, -0.05) is 0 Å². The standard InChI is InChI=1S/C21H29N3O4/c1-22-8-10-23(11-9-22)19(25)21(5-6-21)20(26)24-7-4-15-12-17(27-2)18(28-3)13-16(15)14-24/h12-13H,4-11,14H2,1-3H3. The van der Waals surface area contributed by atoms with E-state index >= 15 is 0 Å². The predicted octanol–water partition coefficient (Wildman–Crippen LogP) is 1.14. The highest BCUT2D eigenvalue weighted by atomic mass is 16.5. The molecule has 0 unspecified atom stereocenters. The first-order valence-electron chi connectivity index (χ1n) is 9.99. The Morgan fingerprint density at radius 3 is 2.00 bits per heavy atom. The molecule has 7 nitrogen and oxygen atoms in total. The number of carbonyl (C=O) groups excluding carboxylic acids is 2. The zero-order valence-corrected chi connectivity index (χ0v) is 17.0. The number of benzene rings is 1. The summed E-state index contributed by atoms with van der Waals surface area (Å²) in [6, 6.07) is 3.95. The van der Waals surface area contributed by atoms with E-state index < -0.39 is 5.41 Å². The molecule has 0 radical (unpaired) electrons. The van der Waals surface area contributed by atoms with E-state index in [1.165, 1.54) is 5.56 Å². The van der Waals surface area contributed by atoms with Gasteiger partial charge in [0.25, 0.3) is 0 Å². The third-order valence-corrected chi connectivity index (χ3v) is 6.36. The summed E-state index contributed by atoms with van der Waals surface area (Å²) in [4.78, 5) is 32.4. The van der Waals surface area contributed by atoms with E-state index in [0.717, 1.165) is 25.1 Å². The molecule has 2 aliphatic heterocycles. The van der Waals surface area contributed by atoms with E-state index in [1.807, 2.05) is 21.9 Å². The molecule has 0 bridgehead atoms. The van der Waals surface area contributed by atoms with Crippen LogP contribution in [0.3, 0.4) is 0 Å². The van der Waals surface area contributed by atoms with Crippen LogP contribution in [-0.4, -0.2) is 80.5 Å². The maximum Gasteiger partial charge on any atom is 0.238 e. The number of nitrogens with zero attached hydrogens (tertiary/aromatic N) is 3. The molecule has 7 heteroatoms. The molecule has 152 valence electrons. The smallest absolute Gasteiger partial charge is 0.238 e. The molecule has 2 amide bonds. The Balaban J connectivity index is 1.49. The Morgan fingerprint density at radius 2 is 1.43 bits per heavy atom. The van der Waals surface area contributed by atoms with E-state index in [-0.39, 0.29) is 11.8 Å². The first kappa shape index (κ1) is 19.1. The number of carbonyl (C=O) groups is 2. The molecule has 1 saturated carbocycles. The zero-order chi connectivity index (χ0) is 19.9. The fraction of sp³-hybridized carbons (Fsp3) is 0.619. The van der Waals surface area contributed by atoms with Crippen LogP contribution in [0.5, 0.6) is 11.5 Å². The number of ether oxygens (including phenoxy) is 2. The summed E-state index contributed by atoms with van der Waals surface area (Å²) in [5.41, 5.74) is 1.43. The number of hydrogen-bond donors (Lipinski definition) is 0. The van der Waals surface area contributed by atoms with Crippen molar-refractivity contribution >= 4 is 11.8 Å². The fourth-order valence-electron chi connectivity index (χ4n) is 4.32. The Kier molecular flexibility index (Phi) is 4.95. The molecule has 1 aromatic carbocycles. The number of rotatable bonds is 4. The summed E-state index contributed by atoms with van der Waals surface area (Å²) in [6.45, 7) is 4.32. The molecule has 0 aromatic heterocycles. The van der Waals surface area contributed by atoms with Gasteiger partial charge < -0.3 is 24.2 Å². The summed E-state index contributed by atoms with van der Waals surface area (Å²) < 4.78 is 10.8. The van der Waals surface area contributed by atoms with Gasteiger partial charge in [0, 0.05) is 39.3 Å². The van der Waals surface area contributed by atoms with Gasteiger partial charge in [-0.05, 0) is 49.6 Å². The molecular weight excluding hydrogens is 358 g/mol. The van der Waals surface area contributed by atoms with Crippen molar-refractivity contribution in [2.24, 2.45) is 5.41 Å². The fourth-order valence-corrected chi connectivity index (χ4v) is 4.32. The van der Waals surface area contributed by atoms with Gasteiger partial charge in [-0.25, -0.2) is 0 Å². The van der Waals surface area contributed by atoms with Gasteiger partial charge in [-0.15, -0.1) is 0 Å².